The number of alkyl halides is 1. The molecule has 1 aromatic carbocycles. The van der Waals surface area contributed by atoms with Crippen molar-refractivity contribution >= 4 is 17.3 Å². The van der Waals surface area contributed by atoms with Crippen LogP contribution in [0.15, 0.2) is 35.6 Å². The standard InChI is InChI=1S/C7H7ClN2O2/c8-6-12-9-10(11)7-4-2-1-3-5-7/h1-5H,6H2/b10-9+. The summed E-state index contributed by atoms with van der Waals surface area (Å²) in [4.78, 5) is 4.72. The summed E-state index contributed by atoms with van der Waals surface area (Å²) in [5.74, 6) is 0. The molecule has 0 aliphatic heterocycles. The van der Waals surface area contributed by atoms with E-state index >= 15 is 0 Å². The van der Waals surface area contributed by atoms with Crippen molar-refractivity contribution in [2.75, 3.05) is 6.07 Å². The van der Waals surface area contributed by atoms with Crippen molar-refractivity contribution in [2.24, 2.45) is 5.28 Å². The fourth-order valence-electron chi connectivity index (χ4n) is 0.677. The highest BCUT2D eigenvalue weighted by molar-refractivity contribution is 6.17. The molecule has 0 N–H and O–H groups in total. The largest absolute Gasteiger partial charge is 0.592 e. The molecule has 0 heterocycles. The van der Waals surface area contributed by atoms with Crippen LogP contribution in [0.25, 0.3) is 0 Å². The molecular weight excluding hydrogens is 180 g/mol. The average molecular weight is 187 g/mol. The number of halogens is 1. The van der Waals surface area contributed by atoms with E-state index in [0.29, 0.717) is 10.5 Å². The number of hydrogen-bond donors (Lipinski definition) is 0. The van der Waals surface area contributed by atoms with Crippen molar-refractivity contribution in [3.63, 3.8) is 0 Å². The zero-order valence-electron chi connectivity index (χ0n) is 6.18. The van der Waals surface area contributed by atoms with Crippen LogP contribution in [0.4, 0.5) is 5.69 Å². The van der Waals surface area contributed by atoms with Gasteiger partial charge >= 0.3 is 0 Å². The van der Waals surface area contributed by atoms with Crippen molar-refractivity contribution in [3.8, 4) is 0 Å². The monoisotopic (exact) mass is 186 g/mol. The quantitative estimate of drug-likeness (QED) is 0.315. The molecule has 5 heteroatoms. The second-order valence-electron chi connectivity index (χ2n) is 1.93. The van der Waals surface area contributed by atoms with Crippen LogP contribution in [0.2, 0.25) is 0 Å². The Balaban J connectivity index is 2.71. The van der Waals surface area contributed by atoms with Gasteiger partial charge in [-0.2, -0.15) is 0 Å². The summed E-state index contributed by atoms with van der Waals surface area (Å²) in [6, 6.07) is 8.38. The zero-order valence-corrected chi connectivity index (χ0v) is 6.94. The van der Waals surface area contributed by atoms with Gasteiger partial charge in [0.15, 0.2) is 6.07 Å². The van der Waals surface area contributed by atoms with Gasteiger partial charge < -0.3 is 10.0 Å². The summed E-state index contributed by atoms with van der Waals surface area (Å²) in [6.45, 7) is 0. The van der Waals surface area contributed by atoms with Crippen molar-refractivity contribution in [1.29, 1.82) is 0 Å². The first-order valence-electron chi connectivity index (χ1n) is 3.26. The second-order valence-corrected chi connectivity index (χ2v) is 2.15. The Morgan fingerprint density at radius 1 is 1.42 bits per heavy atom. The molecule has 0 spiro atoms. The van der Waals surface area contributed by atoms with Crippen LogP contribution in [0.1, 0.15) is 0 Å². The van der Waals surface area contributed by atoms with Gasteiger partial charge in [-0.1, -0.05) is 29.8 Å². The van der Waals surface area contributed by atoms with E-state index in [4.69, 9.17) is 11.6 Å². The van der Waals surface area contributed by atoms with Crippen LogP contribution in [-0.4, -0.2) is 10.9 Å². The molecule has 1 rings (SSSR count). The summed E-state index contributed by atoms with van der Waals surface area (Å²) in [5.41, 5.74) is 0.405. The number of hydrogen-bond acceptors (Lipinski definition) is 3. The minimum atomic E-state index is -0.133. The first kappa shape index (κ1) is 8.80. The van der Waals surface area contributed by atoms with E-state index in [-0.39, 0.29) is 6.07 Å². The predicted octanol–water partition coefficient (Wildman–Crippen LogP) is 2.41. The van der Waals surface area contributed by atoms with Crippen molar-refractivity contribution in [2.45, 2.75) is 0 Å². The number of benzene rings is 1. The molecule has 0 aromatic heterocycles. The molecule has 0 fully saturated rings. The van der Waals surface area contributed by atoms with Crippen molar-refractivity contribution in [3.05, 3.63) is 35.5 Å². The lowest BCUT2D eigenvalue weighted by Crippen LogP contribution is -1.92. The van der Waals surface area contributed by atoms with Gasteiger partial charge in [-0.15, -0.1) is 0 Å². The van der Waals surface area contributed by atoms with Gasteiger partial charge in [0, 0.05) is 12.1 Å². The first-order chi connectivity index (χ1) is 5.84. The molecule has 0 aliphatic carbocycles. The molecule has 4 nitrogen and oxygen atoms in total. The van der Waals surface area contributed by atoms with Crippen molar-refractivity contribution < 1.29 is 9.70 Å². The molecule has 0 aliphatic rings. The Bertz CT molecular complexity index is 263. The van der Waals surface area contributed by atoms with Crippen LogP contribution in [0.5, 0.6) is 0 Å². The summed E-state index contributed by atoms with van der Waals surface area (Å²) in [6.07, 6.45) is 0. The Morgan fingerprint density at radius 2 is 2.08 bits per heavy atom. The molecule has 0 unspecified atom stereocenters. The third-order valence-corrected chi connectivity index (χ3v) is 1.26. The average Bonchev–Trinajstić information content (AvgIpc) is 2.15. The fraction of sp³-hybridized carbons (Fsp3) is 0.143. The van der Waals surface area contributed by atoms with Gasteiger partial charge in [0.1, 0.15) is 0 Å². The molecule has 0 radical (unpaired) electrons. The smallest absolute Gasteiger partial charge is 0.248 e. The predicted molar refractivity (Wildman–Crippen MR) is 44.0 cm³/mol. The topological polar surface area (TPSA) is 47.7 Å². The maximum Gasteiger partial charge on any atom is 0.248 e. The van der Waals surface area contributed by atoms with Crippen LogP contribution in [0.3, 0.4) is 0 Å². The summed E-state index contributed by atoms with van der Waals surface area (Å²) in [7, 11) is 0. The normalized spacial score (nSPS) is 11.2. The molecular formula is C7H7ClN2O2. The van der Waals surface area contributed by atoms with Crippen LogP contribution in [-0.2, 0) is 4.84 Å². The van der Waals surface area contributed by atoms with Gasteiger partial charge in [0.2, 0.25) is 11.0 Å². The molecule has 1 aromatic rings. The minimum absolute atomic E-state index is 0.133. The van der Waals surface area contributed by atoms with Crippen LogP contribution >= 0.6 is 11.6 Å². The van der Waals surface area contributed by atoms with E-state index < -0.39 is 0 Å². The fourth-order valence-corrected chi connectivity index (χ4v) is 0.721. The van der Waals surface area contributed by atoms with E-state index in [0.717, 1.165) is 0 Å². The molecule has 0 bridgehead atoms. The number of rotatable bonds is 3. The van der Waals surface area contributed by atoms with Gasteiger partial charge in [0.25, 0.3) is 0 Å². The van der Waals surface area contributed by atoms with Gasteiger partial charge in [-0.3, -0.25) is 0 Å². The van der Waals surface area contributed by atoms with Crippen LogP contribution in [0, 0.1) is 5.21 Å². The van der Waals surface area contributed by atoms with Crippen molar-refractivity contribution in [1.82, 2.24) is 0 Å². The summed E-state index contributed by atoms with van der Waals surface area (Å²) in [5, 5.41) is 14.1. The summed E-state index contributed by atoms with van der Waals surface area (Å²) >= 11 is 5.15. The lowest BCUT2D eigenvalue weighted by molar-refractivity contribution is -0.477. The molecule has 0 amide bonds. The van der Waals surface area contributed by atoms with Gasteiger partial charge in [-0.25, -0.2) is 0 Å². The number of nitrogens with zero attached hydrogens (tertiary/aromatic N) is 2. The lowest BCUT2D eigenvalue weighted by atomic mass is 10.3. The lowest BCUT2D eigenvalue weighted by Gasteiger charge is -1.96. The van der Waals surface area contributed by atoms with Gasteiger partial charge in [0.05, 0.1) is 0 Å². The molecule has 12 heavy (non-hydrogen) atoms. The van der Waals surface area contributed by atoms with E-state index in [1.54, 1.807) is 30.3 Å². The van der Waals surface area contributed by atoms with Gasteiger partial charge in [-0.05, 0) is 4.86 Å². The third kappa shape index (κ3) is 2.39. The highest BCUT2D eigenvalue weighted by Crippen LogP contribution is 2.09. The second kappa shape index (κ2) is 4.56. The Kier molecular flexibility index (Phi) is 3.35. The SMILES string of the molecule is [O-]/[N+](=N/OCCl)c1ccccc1. The zero-order chi connectivity index (χ0) is 8.81. The molecule has 0 saturated heterocycles. The Labute approximate surface area is 74.6 Å². The summed E-state index contributed by atoms with van der Waals surface area (Å²) < 4.78 is 0. The maximum atomic E-state index is 11.0. The van der Waals surface area contributed by atoms with E-state index in [9.17, 15) is 5.21 Å². The third-order valence-electron chi connectivity index (χ3n) is 1.16. The highest BCUT2D eigenvalue weighted by atomic mass is 35.5. The Hall–Kier alpha value is -1.29. The van der Waals surface area contributed by atoms with E-state index in [1.165, 1.54) is 0 Å². The molecule has 64 valence electrons. The highest BCUT2D eigenvalue weighted by Gasteiger charge is 1.99. The Morgan fingerprint density at radius 3 is 2.67 bits per heavy atom. The number of para-hydroxylation sites is 1. The van der Waals surface area contributed by atoms with E-state index in [2.05, 4.69) is 10.1 Å². The van der Waals surface area contributed by atoms with Crippen LogP contribution < -0.4 is 0 Å². The maximum absolute atomic E-state index is 11.0. The molecule has 0 atom stereocenters. The first-order valence-corrected chi connectivity index (χ1v) is 3.79. The molecule has 0 saturated carbocycles. The van der Waals surface area contributed by atoms with E-state index in [1.807, 2.05) is 0 Å². The minimum Gasteiger partial charge on any atom is -0.592 e.